The second-order valence-electron chi connectivity index (χ2n) is 15.6. The van der Waals surface area contributed by atoms with Crippen LogP contribution in [0.25, 0.3) is 117 Å². The molecule has 3 aromatic heterocycles. The molecule has 11 aromatic rings. The SMILES string of the molecule is C=Cc1nc(-c2ccc(-c3ccc4c(c3)c3ccc5c6ccccc6c(-c6ccccc6)nc5c3n4-c3ccccc3)cc2)nc(-c2ccc(-c3ccccc3)cc2)c1/C=C\C. The van der Waals surface area contributed by atoms with Crippen molar-refractivity contribution in [2.24, 2.45) is 0 Å². The van der Waals surface area contributed by atoms with Crippen LogP contribution >= 0.6 is 0 Å². The Bertz CT molecular complexity index is 3500. The van der Waals surface area contributed by atoms with Gasteiger partial charge in [0.2, 0.25) is 0 Å². The van der Waals surface area contributed by atoms with Crippen LogP contribution in [0.3, 0.4) is 0 Å². The zero-order valence-corrected chi connectivity index (χ0v) is 34.2. The molecule has 292 valence electrons. The van der Waals surface area contributed by atoms with Gasteiger partial charge in [-0.05, 0) is 64.9 Å². The quantitative estimate of drug-likeness (QED) is 0.144. The van der Waals surface area contributed by atoms with Crippen LogP contribution in [0, 0.1) is 0 Å². The molecule has 0 unspecified atom stereocenters. The highest BCUT2D eigenvalue weighted by molar-refractivity contribution is 6.23. The van der Waals surface area contributed by atoms with Gasteiger partial charge in [-0.2, -0.15) is 0 Å². The fourth-order valence-electron chi connectivity index (χ4n) is 8.94. The highest BCUT2D eigenvalue weighted by Crippen LogP contribution is 2.42. The monoisotopic (exact) mass is 792 g/mol. The molecule has 0 atom stereocenters. The van der Waals surface area contributed by atoms with Crippen LogP contribution in [0.15, 0.2) is 207 Å². The molecule has 0 aliphatic rings. The molecular formula is C58H40N4. The second kappa shape index (κ2) is 15.4. The molecule has 0 amide bonds. The first kappa shape index (κ1) is 36.8. The largest absolute Gasteiger partial charge is 0.307 e. The standard InChI is InChI=1S/C58H40N4/c1-3-16-50-52(4-2)59-58(61-55(50)42-29-25-39(26-30-42)38-17-8-5-9-18-38)43-31-27-40(28-32-43)44-33-36-53-51(37-44)49-35-34-48-46-23-14-15-24-47(46)54(41-19-10-6-11-20-41)60-56(48)57(49)62(53)45-21-12-7-13-22-45/h3-37H,2H2,1H3/b16-3-. The van der Waals surface area contributed by atoms with Gasteiger partial charge in [-0.15, -0.1) is 0 Å². The predicted molar refractivity (Wildman–Crippen MR) is 261 cm³/mol. The van der Waals surface area contributed by atoms with Crippen molar-refractivity contribution in [2.75, 3.05) is 0 Å². The van der Waals surface area contributed by atoms with Crippen LogP contribution in [0.4, 0.5) is 0 Å². The zero-order valence-electron chi connectivity index (χ0n) is 34.2. The summed E-state index contributed by atoms with van der Waals surface area (Å²) >= 11 is 0. The van der Waals surface area contributed by atoms with E-state index in [1.54, 1.807) is 0 Å². The average molecular weight is 793 g/mol. The molecule has 0 radical (unpaired) electrons. The van der Waals surface area contributed by atoms with Gasteiger partial charge in [0.05, 0.1) is 33.6 Å². The molecule has 0 fully saturated rings. The number of hydrogen-bond acceptors (Lipinski definition) is 3. The molecule has 62 heavy (non-hydrogen) atoms. The van der Waals surface area contributed by atoms with E-state index in [2.05, 4.69) is 205 Å². The van der Waals surface area contributed by atoms with Crippen LogP contribution in [0.1, 0.15) is 18.2 Å². The lowest BCUT2D eigenvalue weighted by molar-refractivity contribution is 1.15. The lowest BCUT2D eigenvalue weighted by atomic mass is 9.98. The van der Waals surface area contributed by atoms with Crippen LogP contribution < -0.4 is 0 Å². The summed E-state index contributed by atoms with van der Waals surface area (Å²) in [4.78, 5) is 15.8. The minimum Gasteiger partial charge on any atom is -0.307 e. The first-order chi connectivity index (χ1) is 30.7. The van der Waals surface area contributed by atoms with Crippen molar-refractivity contribution in [3.8, 4) is 61.8 Å². The Hall–Kier alpha value is -8.21. The molecule has 0 saturated carbocycles. The Morgan fingerprint density at radius 2 is 0.984 bits per heavy atom. The number of fused-ring (bicyclic) bond motifs is 7. The van der Waals surface area contributed by atoms with E-state index in [9.17, 15) is 0 Å². The number of pyridine rings is 1. The van der Waals surface area contributed by atoms with Gasteiger partial charge < -0.3 is 4.57 Å². The number of para-hydroxylation sites is 1. The first-order valence-electron chi connectivity index (χ1n) is 21.0. The summed E-state index contributed by atoms with van der Waals surface area (Å²) in [5.74, 6) is 0.657. The number of rotatable bonds is 8. The van der Waals surface area contributed by atoms with E-state index in [1.807, 2.05) is 25.1 Å². The van der Waals surface area contributed by atoms with Crippen molar-refractivity contribution >= 4 is 55.6 Å². The molecule has 0 N–H and O–H groups in total. The van der Waals surface area contributed by atoms with Gasteiger partial charge in [0.15, 0.2) is 5.82 Å². The van der Waals surface area contributed by atoms with Crippen LogP contribution in [-0.4, -0.2) is 19.5 Å². The molecular weight excluding hydrogens is 753 g/mol. The number of aromatic nitrogens is 4. The molecule has 3 heterocycles. The summed E-state index contributed by atoms with van der Waals surface area (Å²) < 4.78 is 2.38. The van der Waals surface area contributed by atoms with Gasteiger partial charge in [0.25, 0.3) is 0 Å². The van der Waals surface area contributed by atoms with Gasteiger partial charge in [-0.1, -0.05) is 189 Å². The molecule has 0 aliphatic carbocycles. The normalized spacial score (nSPS) is 11.6. The summed E-state index contributed by atoms with van der Waals surface area (Å²) in [6.45, 7) is 6.15. The zero-order chi connectivity index (χ0) is 41.6. The fourth-order valence-corrected chi connectivity index (χ4v) is 8.94. The molecule has 11 rings (SSSR count). The van der Waals surface area contributed by atoms with Crippen molar-refractivity contribution in [1.82, 2.24) is 19.5 Å². The molecule has 0 bridgehead atoms. The maximum atomic E-state index is 5.53. The Labute approximate surface area is 360 Å². The van der Waals surface area contributed by atoms with E-state index in [-0.39, 0.29) is 0 Å². The molecule has 4 heteroatoms. The van der Waals surface area contributed by atoms with E-state index in [1.165, 1.54) is 16.3 Å². The number of allylic oxidation sites excluding steroid dienone is 1. The summed E-state index contributed by atoms with van der Waals surface area (Å²) in [6, 6.07) is 68.8. The van der Waals surface area contributed by atoms with E-state index in [4.69, 9.17) is 15.0 Å². The third-order valence-electron chi connectivity index (χ3n) is 11.9. The van der Waals surface area contributed by atoms with Crippen LogP contribution in [-0.2, 0) is 0 Å². The Morgan fingerprint density at radius 3 is 1.68 bits per heavy atom. The number of hydrogen-bond donors (Lipinski definition) is 0. The number of nitrogens with zero attached hydrogens (tertiary/aromatic N) is 4. The predicted octanol–water partition coefficient (Wildman–Crippen LogP) is 15.3. The van der Waals surface area contributed by atoms with Gasteiger partial charge in [-0.25, -0.2) is 15.0 Å². The third-order valence-corrected chi connectivity index (χ3v) is 11.9. The molecule has 4 nitrogen and oxygen atoms in total. The van der Waals surface area contributed by atoms with E-state index in [0.717, 1.165) is 94.4 Å². The highest BCUT2D eigenvalue weighted by Gasteiger charge is 2.20. The van der Waals surface area contributed by atoms with E-state index < -0.39 is 0 Å². The minimum absolute atomic E-state index is 0.657. The summed E-state index contributed by atoms with van der Waals surface area (Å²) in [7, 11) is 0. The molecule has 0 saturated heterocycles. The maximum absolute atomic E-state index is 5.53. The van der Waals surface area contributed by atoms with Gasteiger partial charge in [0, 0.05) is 49.5 Å². The Balaban J connectivity index is 1.04. The highest BCUT2D eigenvalue weighted by atomic mass is 15.0. The van der Waals surface area contributed by atoms with Crippen molar-refractivity contribution in [3.05, 3.63) is 218 Å². The molecule has 0 aliphatic heterocycles. The third kappa shape index (κ3) is 6.29. The molecule has 8 aromatic carbocycles. The second-order valence-corrected chi connectivity index (χ2v) is 15.6. The average Bonchev–Trinajstić information content (AvgIpc) is 3.69. The topological polar surface area (TPSA) is 43.6 Å². The van der Waals surface area contributed by atoms with E-state index in [0.29, 0.717) is 5.82 Å². The van der Waals surface area contributed by atoms with E-state index >= 15 is 0 Å². The lowest BCUT2D eigenvalue weighted by Crippen LogP contribution is -2.00. The smallest absolute Gasteiger partial charge is 0.160 e. The van der Waals surface area contributed by atoms with Crippen LogP contribution in [0.2, 0.25) is 0 Å². The van der Waals surface area contributed by atoms with Crippen molar-refractivity contribution < 1.29 is 0 Å². The lowest BCUT2D eigenvalue weighted by Gasteiger charge is -2.13. The Morgan fingerprint density at radius 1 is 0.435 bits per heavy atom. The minimum atomic E-state index is 0.657. The fraction of sp³-hybridized carbons (Fsp3) is 0.0172. The summed E-state index contributed by atoms with van der Waals surface area (Å²) in [6.07, 6.45) is 5.92. The summed E-state index contributed by atoms with van der Waals surface area (Å²) in [5.41, 5.74) is 15.6. The van der Waals surface area contributed by atoms with Crippen molar-refractivity contribution in [1.29, 1.82) is 0 Å². The van der Waals surface area contributed by atoms with Crippen molar-refractivity contribution in [3.63, 3.8) is 0 Å². The number of benzene rings is 8. The van der Waals surface area contributed by atoms with Crippen LogP contribution in [0.5, 0.6) is 0 Å². The first-order valence-corrected chi connectivity index (χ1v) is 21.0. The Kier molecular flexibility index (Phi) is 9.17. The summed E-state index contributed by atoms with van der Waals surface area (Å²) in [5, 5.41) is 5.80. The van der Waals surface area contributed by atoms with Gasteiger partial charge in [0.1, 0.15) is 0 Å². The molecule has 0 spiro atoms. The van der Waals surface area contributed by atoms with Crippen molar-refractivity contribution in [2.45, 2.75) is 6.92 Å². The maximum Gasteiger partial charge on any atom is 0.160 e. The van der Waals surface area contributed by atoms with Gasteiger partial charge >= 0.3 is 0 Å². The van der Waals surface area contributed by atoms with Gasteiger partial charge in [-0.3, -0.25) is 0 Å².